The zero-order chi connectivity index (χ0) is 14.4. The van der Waals surface area contributed by atoms with Gasteiger partial charge in [-0.1, -0.05) is 33.4 Å². The molecule has 0 N–H and O–H groups in total. The van der Waals surface area contributed by atoms with Crippen molar-refractivity contribution in [2.45, 2.75) is 57.8 Å². The minimum Gasteiger partial charge on any atom is -0.544 e. The number of allylic oxidation sites excluding steroid dienone is 1. The molecular formula is C15H24O3Si. The van der Waals surface area contributed by atoms with E-state index in [2.05, 4.69) is 46.5 Å². The monoisotopic (exact) mass is 280 g/mol. The minimum atomic E-state index is -1.83. The first-order chi connectivity index (χ1) is 8.60. The van der Waals surface area contributed by atoms with Crippen LogP contribution in [-0.2, 0) is 14.0 Å². The van der Waals surface area contributed by atoms with Gasteiger partial charge in [0.2, 0.25) is 8.32 Å². The van der Waals surface area contributed by atoms with E-state index in [0.29, 0.717) is 6.42 Å². The minimum absolute atomic E-state index is 0.0160. The van der Waals surface area contributed by atoms with Gasteiger partial charge in [-0.3, -0.25) is 4.79 Å². The fourth-order valence-electron chi connectivity index (χ4n) is 2.26. The fraction of sp³-hybridized carbons (Fsp3) is 0.667. The summed E-state index contributed by atoms with van der Waals surface area (Å²) in [6, 6.07) is 0. The maximum absolute atomic E-state index is 11.2. The lowest BCUT2D eigenvalue weighted by Gasteiger charge is -2.37. The lowest BCUT2D eigenvalue weighted by atomic mass is 10.1. The molecule has 0 radical (unpaired) electrons. The Labute approximate surface area is 116 Å². The smallest absolute Gasteiger partial charge is 0.306 e. The molecule has 1 heterocycles. The number of carbonyl (C=O) groups excluding carboxylic acids is 1. The van der Waals surface area contributed by atoms with E-state index in [1.165, 1.54) is 0 Å². The molecule has 0 aromatic heterocycles. The zero-order valence-corrected chi connectivity index (χ0v) is 13.6. The number of fused-ring (bicyclic) bond motifs is 1. The Morgan fingerprint density at radius 3 is 2.58 bits per heavy atom. The van der Waals surface area contributed by atoms with Crippen molar-refractivity contribution in [2.24, 2.45) is 5.92 Å². The average molecular weight is 280 g/mol. The summed E-state index contributed by atoms with van der Waals surface area (Å²) in [5.74, 6) is 0.917. The molecular weight excluding hydrogens is 256 g/mol. The van der Waals surface area contributed by atoms with E-state index in [-0.39, 0.29) is 23.0 Å². The van der Waals surface area contributed by atoms with Crippen LogP contribution in [0.5, 0.6) is 0 Å². The molecule has 1 fully saturated rings. The Morgan fingerprint density at radius 2 is 2.05 bits per heavy atom. The van der Waals surface area contributed by atoms with Gasteiger partial charge in [-0.25, -0.2) is 0 Å². The van der Waals surface area contributed by atoms with Crippen molar-refractivity contribution in [3.8, 4) is 0 Å². The summed E-state index contributed by atoms with van der Waals surface area (Å²) in [5.41, 5.74) is 1.12. The Kier molecular flexibility index (Phi) is 3.41. The standard InChI is InChI=1S/C15H24O3Si/c1-10(18-19(5,6)15(2,3)4)11-7-12-9-14(16)17-13(12)8-11/h7,12-13H,1,8-9H2,2-6H3/t12-,13-/m0/s1. The van der Waals surface area contributed by atoms with Crippen LogP contribution in [0.25, 0.3) is 0 Å². The van der Waals surface area contributed by atoms with Gasteiger partial charge in [0.25, 0.3) is 0 Å². The molecule has 1 aliphatic heterocycles. The Morgan fingerprint density at radius 1 is 1.42 bits per heavy atom. The summed E-state index contributed by atoms with van der Waals surface area (Å²) in [4.78, 5) is 11.2. The largest absolute Gasteiger partial charge is 0.544 e. The van der Waals surface area contributed by atoms with Gasteiger partial charge in [0.05, 0.1) is 12.2 Å². The zero-order valence-electron chi connectivity index (χ0n) is 12.6. The van der Waals surface area contributed by atoms with Crippen LogP contribution in [0, 0.1) is 5.92 Å². The number of carbonyl (C=O) groups is 1. The first-order valence-corrected chi connectivity index (χ1v) is 9.79. The third-order valence-electron chi connectivity index (χ3n) is 4.54. The highest BCUT2D eigenvalue weighted by atomic mass is 28.4. The third-order valence-corrected chi connectivity index (χ3v) is 8.91. The lowest BCUT2D eigenvalue weighted by molar-refractivity contribution is -0.141. The van der Waals surface area contributed by atoms with E-state index < -0.39 is 8.32 Å². The number of esters is 1. The normalized spacial score (nSPS) is 26.8. The number of rotatable bonds is 3. The van der Waals surface area contributed by atoms with Crippen LogP contribution in [0.4, 0.5) is 0 Å². The molecule has 1 aliphatic carbocycles. The van der Waals surface area contributed by atoms with Gasteiger partial charge in [-0.05, 0) is 23.7 Å². The molecule has 0 bridgehead atoms. The number of hydrogen-bond acceptors (Lipinski definition) is 3. The number of ether oxygens (including phenoxy) is 1. The molecule has 0 aromatic rings. The van der Waals surface area contributed by atoms with E-state index in [9.17, 15) is 4.79 Å². The molecule has 106 valence electrons. The molecule has 0 aromatic carbocycles. The van der Waals surface area contributed by atoms with Crippen LogP contribution in [0.1, 0.15) is 33.6 Å². The fourth-order valence-corrected chi connectivity index (χ4v) is 3.32. The Hall–Kier alpha value is -1.03. The summed E-state index contributed by atoms with van der Waals surface area (Å²) in [5, 5.41) is 0.164. The first-order valence-electron chi connectivity index (χ1n) is 6.88. The second-order valence-electron chi connectivity index (χ2n) is 7.08. The van der Waals surface area contributed by atoms with Gasteiger partial charge in [-0.2, -0.15) is 0 Å². The third kappa shape index (κ3) is 2.78. The second-order valence-corrected chi connectivity index (χ2v) is 11.8. The van der Waals surface area contributed by atoms with Gasteiger partial charge < -0.3 is 9.16 Å². The molecule has 2 atom stereocenters. The predicted molar refractivity (Wildman–Crippen MR) is 78.1 cm³/mol. The topological polar surface area (TPSA) is 35.5 Å². The summed E-state index contributed by atoms with van der Waals surface area (Å²) in [7, 11) is -1.83. The highest BCUT2D eigenvalue weighted by molar-refractivity contribution is 6.74. The van der Waals surface area contributed by atoms with E-state index in [0.717, 1.165) is 17.8 Å². The van der Waals surface area contributed by atoms with Gasteiger partial charge >= 0.3 is 5.97 Å². The highest BCUT2D eigenvalue weighted by Gasteiger charge is 2.42. The molecule has 4 heteroatoms. The van der Waals surface area contributed by atoms with Crippen LogP contribution in [0.3, 0.4) is 0 Å². The van der Waals surface area contributed by atoms with E-state index >= 15 is 0 Å². The Bertz CT molecular complexity index is 443. The second kappa shape index (κ2) is 4.51. The summed E-state index contributed by atoms with van der Waals surface area (Å²) < 4.78 is 11.5. The van der Waals surface area contributed by atoms with E-state index in [1.807, 2.05) is 0 Å². The van der Waals surface area contributed by atoms with Gasteiger partial charge in [0.15, 0.2) is 0 Å². The first kappa shape index (κ1) is 14.4. The van der Waals surface area contributed by atoms with Crippen molar-refractivity contribution in [1.29, 1.82) is 0 Å². The van der Waals surface area contributed by atoms with Crippen molar-refractivity contribution in [2.75, 3.05) is 0 Å². The molecule has 0 saturated carbocycles. The van der Waals surface area contributed by atoms with Crippen molar-refractivity contribution >= 4 is 14.3 Å². The SMILES string of the molecule is C=C(O[Si](C)(C)C(C)(C)C)C1=C[C@H]2CC(=O)O[C@H]2C1. The van der Waals surface area contributed by atoms with Crippen molar-refractivity contribution in [3.05, 3.63) is 24.0 Å². The molecule has 0 amide bonds. The maximum Gasteiger partial charge on any atom is 0.306 e. The quantitative estimate of drug-likeness (QED) is 0.448. The molecule has 0 spiro atoms. The molecule has 1 saturated heterocycles. The highest BCUT2D eigenvalue weighted by Crippen LogP contribution is 2.42. The van der Waals surface area contributed by atoms with Crippen LogP contribution in [0.15, 0.2) is 24.0 Å². The Balaban J connectivity index is 2.03. The average Bonchev–Trinajstić information content (AvgIpc) is 2.71. The van der Waals surface area contributed by atoms with E-state index in [1.54, 1.807) is 0 Å². The van der Waals surface area contributed by atoms with Crippen molar-refractivity contribution in [3.63, 3.8) is 0 Å². The van der Waals surface area contributed by atoms with Gasteiger partial charge in [-0.15, -0.1) is 0 Å². The molecule has 2 aliphatic rings. The predicted octanol–water partition coefficient (Wildman–Crippen LogP) is 3.78. The summed E-state index contributed by atoms with van der Waals surface area (Å²) >= 11 is 0. The van der Waals surface area contributed by atoms with Gasteiger partial charge in [0.1, 0.15) is 6.10 Å². The number of hydrogen-bond donors (Lipinski definition) is 0. The molecule has 19 heavy (non-hydrogen) atoms. The summed E-state index contributed by atoms with van der Waals surface area (Å²) in [6.07, 6.45) is 3.39. The maximum atomic E-state index is 11.2. The molecule has 0 unspecified atom stereocenters. The van der Waals surface area contributed by atoms with Crippen molar-refractivity contribution < 1.29 is 14.0 Å². The van der Waals surface area contributed by atoms with Crippen LogP contribution >= 0.6 is 0 Å². The van der Waals surface area contributed by atoms with Crippen LogP contribution in [0.2, 0.25) is 18.1 Å². The van der Waals surface area contributed by atoms with Crippen LogP contribution in [-0.4, -0.2) is 20.4 Å². The van der Waals surface area contributed by atoms with E-state index in [4.69, 9.17) is 9.16 Å². The summed E-state index contributed by atoms with van der Waals surface area (Å²) in [6.45, 7) is 15.2. The molecule has 2 rings (SSSR count). The lowest BCUT2D eigenvalue weighted by Crippen LogP contribution is -2.40. The van der Waals surface area contributed by atoms with Crippen LogP contribution < -0.4 is 0 Å². The van der Waals surface area contributed by atoms with Crippen molar-refractivity contribution in [1.82, 2.24) is 0 Å². The molecule has 3 nitrogen and oxygen atoms in total. The van der Waals surface area contributed by atoms with Gasteiger partial charge in [0, 0.05) is 12.3 Å².